The first-order valence-corrected chi connectivity index (χ1v) is 8.16. The highest BCUT2D eigenvalue weighted by atomic mass is 16.6. The first kappa shape index (κ1) is 18.9. The van der Waals surface area contributed by atoms with Gasteiger partial charge in [0.2, 0.25) is 5.91 Å². The summed E-state index contributed by atoms with van der Waals surface area (Å²) in [6, 6.07) is 13.0. The number of amides is 2. The first-order chi connectivity index (χ1) is 12.5. The van der Waals surface area contributed by atoms with Gasteiger partial charge in [0, 0.05) is 36.8 Å². The van der Waals surface area contributed by atoms with E-state index in [1.165, 1.54) is 6.07 Å². The summed E-state index contributed by atoms with van der Waals surface area (Å²) in [7, 11) is 0. The Hall–Kier alpha value is -3.42. The second kappa shape index (κ2) is 9.16. The number of para-hydroxylation sites is 2. The average molecular weight is 356 g/mol. The van der Waals surface area contributed by atoms with E-state index >= 15 is 0 Å². The van der Waals surface area contributed by atoms with Gasteiger partial charge < -0.3 is 16.0 Å². The molecule has 0 unspecified atom stereocenters. The summed E-state index contributed by atoms with van der Waals surface area (Å²) >= 11 is 0. The maximum Gasteiger partial charge on any atom is 0.292 e. The zero-order valence-corrected chi connectivity index (χ0v) is 14.3. The minimum absolute atomic E-state index is 0.0156. The molecule has 8 heteroatoms. The van der Waals surface area contributed by atoms with Gasteiger partial charge >= 0.3 is 0 Å². The number of nitro groups is 1. The lowest BCUT2D eigenvalue weighted by molar-refractivity contribution is -0.384. The third kappa shape index (κ3) is 5.30. The van der Waals surface area contributed by atoms with Crippen molar-refractivity contribution in [1.29, 1.82) is 0 Å². The van der Waals surface area contributed by atoms with Gasteiger partial charge in [0.25, 0.3) is 11.6 Å². The number of carbonyl (C=O) groups is 2. The molecule has 3 N–H and O–H groups in total. The number of hydrogen-bond donors (Lipinski definition) is 3. The van der Waals surface area contributed by atoms with E-state index in [1.54, 1.807) is 49.4 Å². The fourth-order valence-electron chi connectivity index (χ4n) is 2.25. The van der Waals surface area contributed by atoms with Crippen LogP contribution in [0.25, 0.3) is 0 Å². The molecule has 0 atom stereocenters. The minimum Gasteiger partial charge on any atom is -0.378 e. The number of carbonyl (C=O) groups excluding carboxylic acids is 2. The largest absolute Gasteiger partial charge is 0.378 e. The van der Waals surface area contributed by atoms with E-state index in [1.807, 2.05) is 0 Å². The van der Waals surface area contributed by atoms with Gasteiger partial charge in [-0.2, -0.15) is 0 Å². The molecule has 136 valence electrons. The van der Waals surface area contributed by atoms with E-state index < -0.39 is 4.92 Å². The topological polar surface area (TPSA) is 113 Å². The predicted molar refractivity (Wildman–Crippen MR) is 99.3 cm³/mol. The van der Waals surface area contributed by atoms with Crippen LogP contribution in [-0.4, -0.2) is 29.8 Å². The van der Waals surface area contributed by atoms with Gasteiger partial charge in [0.1, 0.15) is 5.69 Å². The lowest BCUT2D eigenvalue weighted by atomic mass is 10.2. The van der Waals surface area contributed by atoms with Crippen LogP contribution in [0.5, 0.6) is 0 Å². The molecule has 0 aliphatic rings. The van der Waals surface area contributed by atoms with E-state index in [4.69, 9.17) is 0 Å². The van der Waals surface area contributed by atoms with Crippen LogP contribution in [-0.2, 0) is 4.79 Å². The summed E-state index contributed by atoms with van der Waals surface area (Å²) in [4.78, 5) is 34.1. The molecule has 2 rings (SSSR count). The van der Waals surface area contributed by atoms with Gasteiger partial charge in [-0.05, 0) is 24.3 Å². The number of rotatable bonds is 8. The maximum absolute atomic E-state index is 12.2. The van der Waals surface area contributed by atoms with E-state index in [-0.39, 0.29) is 24.0 Å². The molecule has 2 aromatic carbocycles. The molecule has 0 saturated carbocycles. The Bertz CT molecular complexity index is 807. The summed E-state index contributed by atoms with van der Waals surface area (Å²) in [6.07, 6.45) is 0.355. The Labute approximate surface area is 150 Å². The molecule has 0 aromatic heterocycles. The molecule has 8 nitrogen and oxygen atoms in total. The molecular weight excluding hydrogens is 336 g/mol. The normalized spacial score (nSPS) is 10.0. The smallest absolute Gasteiger partial charge is 0.292 e. The van der Waals surface area contributed by atoms with Crippen molar-refractivity contribution >= 4 is 28.9 Å². The number of benzene rings is 2. The van der Waals surface area contributed by atoms with Crippen LogP contribution in [0.2, 0.25) is 0 Å². The van der Waals surface area contributed by atoms with Gasteiger partial charge in [0.15, 0.2) is 0 Å². The van der Waals surface area contributed by atoms with Gasteiger partial charge in [0.05, 0.1) is 4.92 Å². The van der Waals surface area contributed by atoms with Crippen molar-refractivity contribution < 1.29 is 14.5 Å². The van der Waals surface area contributed by atoms with Gasteiger partial charge in [-0.1, -0.05) is 25.1 Å². The average Bonchev–Trinajstić information content (AvgIpc) is 2.65. The molecule has 0 fully saturated rings. The molecule has 2 aromatic rings. The number of nitrogens with one attached hydrogen (secondary N) is 3. The third-order valence-electron chi connectivity index (χ3n) is 3.56. The predicted octanol–water partition coefficient (Wildman–Crippen LogP) is 2.79. The molecule has 0 aliphatic carbocycles. The molecule has 26 heavy (non-hydrogen) atoms. The standard InChI is InChI=1S/C18H20N4O4/c1-2-17(23)21-14-7-5-6-13(12-14)18(24)20-11-10-19-15-8-3-4-9-16(15)22(25)26/h3-9,12,19H,2,10-11H2,1H3,(H,20,24)(H,21,23). The van der Waals surface area contributed by atoms with Crippen LogP contribution in [0.15, 0.2) is 48.5 Å². The van der Waals surface area contributed by atoms with E-state index in [0.29, 0.717) is 29.9 Å². The van der Waals surface area contributed by atoms with Crippen molar-refractivity contribution in [3.05, 3.63) is 64.2 Å². The molecule has 0 aliphatic heterocycles. The zero-order valence-electron chi connectivity index (χ0n) is 14.3. The van der Waals surface area contributed by atoms with E-state index in [0.717, 1.165) is 0 Å². The molecule has 0 saturated heterocycles. The Morgan fingerprint density at radius 1 is 1.08 bits per heavy atom. The van der Waals surface area contributed by atoms with Crippen LogP contribution >= 0.6 is 0 Å². The second-order valence-electron chi connectivity index (χ2n) is 5.44. The lowest BCUT2D eigenvalue weighted by Crippen LogP contribution is -2.29. The summed E-state index contributed by atoms with van der Waals surface area (Å²) in [5.74, 6) is -0.418. The Morgan fingerprint density at radius 3 is 2.58 bits per heavy atom. The fraction of sp³-hybridized carbons (Fsp3) is 0.222. The van der Waals surface area contributed by atoms with Gasteiger partial charge in [-0.25, -0.2) is 0 Å². The lowest BCUT2D eigenvalue weighted by Gasteiger charge is -2.09. The highest BCUT2D eigenvalue weighted by Gasteiger charge is 2.12. The SMILES string of the molecule is CCC(=O)Nc1cccc(C(=O)NCCNc2ccccc2[N+](=O)[O-])c1. The maximum atomic E-state index is 12.2. The highest BCUT2D eigenvalue weighted by Crippen LogP contribution is 2.22. The quantitative estimate of drug-likeness (QED) is 0.382. The van der Waals surface area contributed by atoms with Gasteiger partial charge in [-0.15, -0.1) is 0 Å². The van der Waals surface area contributed by atoms with Crippen molar-refractivity contribution in [2.75, 3.05) is 23.7 Å². The van der Waals surface area contributed by atoms with Crippen molar-refractivity contribution in [3.8, 4) is 0 Å². The third-order valence-corrected chi connectivity index (χ3v) is 3.56. The van der Waals surface area contributed by atoms with Crippen LogP contribution in [0.1, 0.15) is 23.7 Å². The van der Waals surface area contributed by atoms with Crippen molar-refractivity contribution in [1.82, 2.24) is 5.32 Å². The molecule has 0 heterocycles. The first-order valence-electron chi connectivity index (χ1n) is 8.16. The van der Waals surface area contributed by atoms with Crippen molar-refractivity contribution in [2.24, 2.45) is 0 Å². The van der Waals surface area contributed by atoms with E-state index in [2.05, 4.69) is 16.0 Å². The molecular formula is C18H20N4O4. The zero-order chi connectivity index (χ0) is 18.9. The summed E-state index contributed by atoms with van der Waals surface area (Å²) in [6.45, 7) is 2.37. The van der Waals surface area contributed by atoms with Gasteiger partial charge in [-0.3, -0.25) is 19.7 Å². The fourth-order valence-corrected chi connectivity index (χ4v) is 2.25. The number of nitrogens with zero attached hydrogens (tertiary/aromatic N) is 1. The van der Waals surface area contributed by atoms with Crippen LogP contribution in [0.4, 0.5) is 17.1 Å². The monoisotopic (exact) mass is 356 g/mol. The summed E-state index contributed by atoms with van der Waals surface area (Å²) in [5.41, 5.74) is 1.36. The minimum atomic E-state index is -0.461. The number of nitro benzene ring substituents is 1. The highest BCUT2D eigenvalue weighted by molar-refractivity contribution is 5.97. The number of hydrogen-bond acceptors (Lipinski definition) is 5. The Balaban J connectivity index is 1.87. The van der Waals surface area contributed by atoms with Crippen LogP contribution < -0.4 is 16.0 Å². The van der Waals surface area contributed by atoms with Crippen molar-refractivity contribution in [2.45, 2.75) is 13.3 Å². The van der Waals surface area contributed by atoms with Crippen LogP contribution in [0.3, 0.4) is 0 Å². The Morgan fingerprint density at radius 2 is 1.85 bits per heavy atom. The second-order valence-corrected chi connectivity index (χ2v) is 5.44. The molecule has 0 radical (unpaired) electrons. The molecule has 0 spiro atoms. The molecule has 0 bridgehead atoms. The van der Waals surface area contributed by atoms with Crippen LogP contribution in [0, 0.1) is 10.1 Å². The summed E-state index contributed by atoms with van der Waals surface area (Å²) in [5, 5.41) is 19.3. The molecule has 2 amide bonds. The van der Waals surface area contributed by atoms with E-state index in [9.17, 15) is 19.7 Å². The van der Waals surface area contributed by atoms with Crippen molar-refractivity contribution in [3.63, 3.8) is 0 Å². The Kier molecular flexibility index (Phi) is 6.67. The summed E-state index contributed by atoms with van der Waals surface area (Å²) < 4.78 is 0. The number of anilines is 2.